The molecule has 0 bridgehead atoms. The molecule has 14 heavy (non-hydrogen) atoms. The SMILES string of the molecule is CSCCCOc1ccc(C=O)cc1. The number of carbonyl (C=O) groups excluding carboxylic acids is 1. The number of rotatable bonds is 6. The Balaban J connectivity index is 2.32. The molecule has 0 atom stereocenters. The standard InChI is InChI=1S/C11H14O2S/c1-14-8-2-7-13-11-5-3-10(9-12)4-6-11/h3-6,9H,2,7-8H2,1H3. The maximum atomic E-state index is 10.4. The van der Waals surface area contributed by atoms with E-state index in [1.165, 1.54) is 0 Å². The van der Waals surface area contributed by atoms with E-state index in [0.717, 1.165) is 30.8 Å². The number of hydrogen-bond donors (Lipinski definition) is 0. The molecule has 0 aromatic heterocycles. The average molecular weight is 210 g/mol. The summed E-state index contributed by atoms with van der Waals surface area (Å²) in [6, 6.07) is 7.17. The molecule has 0 aliphatic carbocycles. The molecule has 76 valence electrons. The summed E-state index contributed by atoms with van der Waals surface area (Å²) in [5, 5.41) is 0. The highest BCUT2D eigenvalue weighted by Gasteiger charge is 1.93. The fourth-order valence-electron chi connectivity index (χ4n) is 1.04. The lowest BCUT2D eigenvalue weighted by molar-refractivity contribution is 0.112. The lowest BCUT2D eigenvalue weighted by Gasteiger charge is -2.04. The van der Waals surface area contributed by atoms with Crippen LogP contribution >= 0.6 is 11.8 Å². The predicted molar refractivity (Wildman–Crippen MR) is 60.3 cm³/mol. The van der Waals surface area contributed by atoms with Gasteiger partial charge in [0.25, 0.3) is 0 Å². The van der Waals surface area contributed by atoms with Crippen LogP contribution in [0, 0.1) is 0 Å². The van der Waals surface area contributed by atoms with Gasteiger partial charge in [-0.05, 0) is 42.7 Å². The van der Waals surface area contributed by atoms with E-state index in [-0.39, 0.29) is 0 Å². The molecule has 0 amide bonds. The summed E-state index contributed by atoms with van der Waals surface area (Å²) in [5.41, 5.74) is 0.682. The Kier molecular flexibility index (Phi) is 5.15. The zero-order valence-corrected chi connectivity index (χ0v) is 9.05. The second-order valence-electron chi connectivity index (χ2n) is 2.88. The maximum Gasteiger partial charge on any atom is 0.150 e. The maximum absolute atomic E-state index is 10.4. The third-order valence-corrected chi connectivity index (χ3v) is 2.47. The highest BCUT2D eigenvalue weighted by atomic mass is 32.2. The fraction of sp³-hybridized carbons (Fsp3) is 0.364. The van der Waals surface area contributed by atoms with Crippen molar-refractivity contribution in [2.24, 2.45) is 0 Å². The molecule has 3 heteroatoms. The summed E-state index contributed by atoms with van der Waals surface area (Å²) in [6.45, 7) is 0.737. The van der Waals surface area contributed by atoms with Crippen LogP contribution in [0.2, 0.25) is 0 Å². The van der Waals surface area contributed by atoms with Crippen LogP contribution in [0.5, 0.6) is 5.75 Å². The highest BCUT2D eigenvalue weighted by Crippen LogP contribution is 2.11. The van der Waals surface area contributed by atoms with Gasteiger partial charge in [-0.25, -0.2) is 0 Å². The Bertz CT molecular complexity index is 269. The molecule has 1 aromatic rings. The van der Waals surface area contributed by atoms with E-state index in [1.54, 1.807) is 12.1 Å². The Labute approximate surface area is 88.7 Å². The fourth-order valence-corrected chi connectivity index (χ4v) is 1.44. The third-order valence-electron chi connectivity index (χ3n) is 1.78. The van der Waals surface area contributed by atoms with Crippen LogP contribution in [0.25, 0.3) is 0 Å². The second kappa shape index (κ2) is 6.49. The molecule has 0 fully saturated rings. The number of thioether (sulfide) groups is 1. The van der Waals surface area contributed by atoms with Crippen LogP contribution in [0.15, 0.2) is 24.3 Å². The van der Waals surface area contributed by atoms with Gasteiger partial charge in [-0.3, -0.25) is 4.79 Å². The topological polar surface area (TPSA) is 26.3 Å². The van der Waals surface area contributed by atoms with Crippen molar-refractivity contribution >= 4 is 18.0 Å². The summed E-state index contributed by atoms with van der Waals surface area (Å²) in [4.78, 5) is 10.4. The van der Waals surface area contributed by atoms with Gasteiger partial charge in [-0.1, -0.05) is 0 Å². The number of hydrogen-bond acceptors (Lipinski definition) is 3. The van der Waals surface area contributed by atoms with E-state index in [0.29, 0.717) is 5.56 Å². The minimum absolute atomic E-state index is 0.682. The minimum Gasteiger partial charge on any atom is -0.494 e. The van der Waals surface area contributed by atoms with Crippen molar-refractivity contribution in [1.29, 1.82) is 0 Å². The molecule has 0 unspecified atom stereocenters. The number of aldehydes is 1. The largest absolute Gasteiger partial charge is 0.494 e. The van der Waals surface area contributed by atoms with E-state index in [1.807, 2.05) is 23.9 Å². The number of benzene rings is 1. The van der Waals surface area contributed by atoms with Crippen molar-refractivity contribution in [3.63, 3.8) is 0 Å². The van der Waals surface area contributed by atoms with Crippen molar-refractivity contribution in [3.05, 3.63) is 29.8 Å². The second-order valence-corrected chi connectivity index (χ2v) is 3.87. The third kappa shape index (κ3) is 3.83. The van der Waals surface area contributed by atoms with Gasteiger partial charge >= 0.3 is 0 Å². The molecule has 0 radical (unpaired) electrons. The Morgan fingerprint density at radius 2 is 2.07 bits per heavy atom. The van der Waals surface area contributed by atoms with Crippen LogP contribution < -0.4 is 4.74 Å². The molecule has 0 saturated carbocycles. The van der Waals surface area contributed by atoms with Gasteiger partial charge in [-0.15, -0.1) is 0 Å². The van der Waals surface area contributed by atoms with Crippen LogP contribution in [0.3, 0.4) is 0 Å². The Morgan fingerprint density at radius 3 is 2.64 bits per heavy atom. The molecule has 2 nitrogen and oxygen atoms in total. The van der Waals surface area contributed by atoms with E-state index in [4.69, 9.17) is 4.74 Å². The first kappa shape index (κ1) is 11.1. The quantitative estimate of drug-likeness (QED) is 0.533. The van der Waals surface area contributed by atoms with Gasteiger partial charge in [0.2, 0.25) is 0 Å². The van der Waals surface area contributed by atoms with Gasteiger partial charge < -0.3 is 4.74 Å². The first-order chi connectivity index (χ1) is 6.86. The zero-order chi connectivity index (χ0) is 10.2. The normalized spacial score (nSPS) is 9.79. The molecule has 0 aliphatic heterocycles. The van der Waals surface area contributed by atoms with Gasteiger partial charge in [0, 0.05) is 5.56 Å². The summed E-state index contributed by atoms with van der Waals surface area (Å²) in [7, 11) is 0. The van der Waals surface area contributed by atoms with Crippen molar-refractivity contribution in [2.45, 2.75) is 6.42 Å². The van der Waals surface area contributed by atoms with E-state index >= 15 is 0 Å². The number of carbonyl (C=O) groups is 1. The zero-order valence-electron chi connectivity index (χ0n) is 8.23. The molecule has 0 aliphatic rings. The molecule has 0 heterocycles. The predicted octanol–water partition coefficient (Wildman–Crippen LogP) is 2.63. The summed E-state index contributed by atoms with van der Waals surface area (Å²) in [6.07, 6.45) is 3.97. The van der Waals surface area contributed by atoms with Crippen molar-refractivity contribution in [3.8, 4) is 5.75 Å². The van der Waals surface area contributed by atoms with Gasteiger partial charge in [0.05, 0.1) is 6.61 Å². The molecular formula is C11H14O2S. The Morgan fingerprint density at radius 1 is 1.36 bits per heavy atom. The lowest BCUT2D eigenvalue weighted by Crippen LogP contribution is -1.98. The van der Waals surface area contributed by atoms with Crippen molar-refractivity contribution in [2.75, 3.05) is 18.6 Å². The van der Waals surface area contributed by atoms with Crippen molar-refractivity contribution < 1.29 is 9.53 Å². The lowest BCUT2D eigenvalue weighted by atomic mass is 10.2. The van der Waals surface area contributed by atoms with Crippen LogP contribution in [-0.2, 0) is 0 Å². The molecule has 0 N–H and O–H groups in total. The Hall–Kier alpha value is -0.960. The molecule has 0 spiro atoms. The summed E-state index contributed by atoms with van der Waals surface area (Å²) in [5.74, 6) is 1.95. The first-order valence-electron chi connectivity index (χ1n) is 4.54. The van der Waals surface area contributed by atoms with Crippen LogP contribution in [0.1, 0.15) is 16.8 Å². The van der Waals surface area contributed by atoms with Gasteiger partial charge in [0.1, 0.15) is 12.0 Å². The monoisotopic (exact) mass is 210 g/mol. The average Bonchev–Trinajstić information content (AvgIpc) is 2.25. The van der Waals surface area contributed by atoms with Crippen LogP contribution in [0.4, 0.5) is 0 Å². The van der Waals surface area contributed by atoms with Gasteiger partial charge in [-0.2, -0.15) is 11.8 Å². The molecular weight excluding hydrogens is 196 g/mol. The van der Waals surface area contributed by atoms with E-state index in [9.17, 15) is 4.79 Å². The smallest absolute Gasteiger partial charge is 0.150 e. The highest BCUT2D eigenvalue weighted by molar-refractivity contribution is 7.98. The molecule has 1 aromatic carbocycles. The van der Waals surface area contributed by atoms with Gasteiger partial charge in [0.15, 0.2) is 0 Å². The van der Waals surface area contributed by atoms with Crippen molar-refractivity contribution in [1.82, 2.24) is 0 Å². The van der Waals surface area contributed by atoms with Crippen LogP contribution in [-0.4, -0.2) is 24.9 Å². The van der Waals surface area contributed by atoms with E-state index in [2.05, 4.69) is 6.26 Å². The minimum atomic E-state index is 0.682. The molecule has 0 saturated heterocycles. The first-order valence-corrected chi connectivity index (χ1v) is 5.93. The summed E-state index contributed by atoms with van der Waals surface area (Å²) >= 11 is 1.82. The number of ether oxygens (including phenoxy) is 1. The summed E-state index contributed by atoms with van der Waals surface area (Å²) < 4.78 is 5.48. The molecule has 1 rings (SSSR count). The van der Waals surface area contributed by atoms with E-state index < -0.39 is 0 Å².